The second-order valence-electron chi connectivity index (χ2n) is 6.99. The Morgan fingerprint density at radius 3 is 2.07 bits per heavy atom. The highest BCUT2D eigenvalue weighted by molar-refractivity contribution is 9.10. The first-order valence-electron chi connectivity index (χ1n) is 9.43. The second-order valence-corrected chi connectivity index (χ2v) is 9.87. The molecule has 0 bridgehead atoms. The highest BCUT2D eigenvalue weighted by Gasteiger charge is 2.21. The van der Waals surface area contributed by atoms with E-state index in [9.17, 15) is 8.42 Å². The second kappa shape index (κ2) is 10.8. The maximum atomic E-state index is 12.7. The van der Waals surface area contributed by atoms with Crippen LogP contribution in [-0.2, 0) is 10.0 Å². The van der Waals surface area contributed by atoms with Gasteiger partial charge in [-0.2, -0.15) is 0 Å². The predicted molar refractivity (Wildman–Crippen MR) is 119 cm³/mol. The third-order valence-corrected chi connectivity index (χ3v) is 6.77. The molecule has 0 fully saturated rings. The quantitative estimate of drug-likeness (QED) is 0.445. The summed E-state index contributed by atoms with van der Waals surface area (Å²) in [7, 11) is 2.15. The van der Waals surface area contributed by atoms with Gasteiger partial charge in [-0.1, -0.05) is 28.8 Å². The Morgan fingerprint density at radius 2 is 1.46 bits per heavy atom. The largest absolute Gasteiger partial charge is 0.494 e. The molecule has 0 heterocycles. The Kier molecular flexibility index (Phi) is 8.79. The number of rotatable bonds is 11. The fourth-order valence-electron chi connectivity index (χ4n) is 2.73. The van der Waals surface area contributed by atoms with Gasteiger partial charge in [0.1, 0.15) is 5.75 Å². The van der Waals surface area contributed by atoms with Crippen LogP contribution in [0.3, 0.4) is 0 Å². The van der Waals surface area contributed by atoms with E-state index in [-0.39, 0.29) is 4.90 Å². The van der Waals surface area contributed by atoms with Crippen molar-refractivity contribution in [3.8, 4) is 5.75 Å². The zero-order chi connectivity index (χ0) is 20.6. The number of halogens is 1. The van der Waals surface area contributed by atoms with E-state index in [2.05, 4.69) is 34.9 Å². The van der Waals surface area contributed by atoms with Gasteiger partial charge in [0.05, 0.1) is 17.2 Å². The lowest BCUT2D eigenvalue weighted by molar-refractivity contribution is 0.302. The standard InChI is InChI=1S/C21H29BrN2O3S/c1-23(2)16-6-4-5-7-17-27-20-12-10-19(11-13-20)24(3)28(25,26)21-14-8-18(22)9-15-21/h8-15H,4-7,16-17H2,1-3H3. The zero-order valence-corrected chi connectivity index (χ0v) is 19.2. The summed E-state index contributed by atoms with van der Waals surface area (Å²) in [5.74, 6) is 0.756. The number of ether oxygens (including phenoxy) is 1. The average molecular weight is 469 g/mol. The molecule has 0 spiro atoms. The van der Waals surface area contributed by atoms with Gasteiger partial charge in [0, 0.05) is 11.5 Å². The van der Waals surface area contributed by atoms with E-state index in [1.54, 1.807) is 43.4 Å². The third kappa shape index (κ3) is 6.79. The molecule has 0 unspecified atom stereocenters. The van der Waals surface area contributed by atoms with Gasteiger partial charge in [0.15, 0.2) is 0 Å². The van der Waals surface area contributed by atoms with Gasteiger partial charge in [-0.3, -0.25) is 4.31 Å². The maximum absolute atomic E-state index is 12.7. The molecule has 2 aromatic rings. The van der Waals surface area contributed by atoms with E-state index in [4.69, 9.17) is 4.74 Å². The Labute approximate surface area is 177 Å². The van der Waals surface area contributed by atoms with E-state index in [0.29, 0.717) is 12.3 Å². The fourth-order valence-corrected chi connectivity index (χ4v) is 4.19. The molecule has 0 saturated heterocycles. The predicted octanol–water partition coefficient (Wildman–Crippen LogP) is 4.78. The molecule has 28 heavy (non-hydrogen) atoms. The summed E-state index contributed by atoms with van der Waals surface area (Å²) < 4.78 is 33.4. The van der Waals surface area contributed by atoms with Crippen LogP contribution in [0.15, 0.2) is 57.9 Å². The molecule has 0 radical (unpaired) electrons. The minimum atomic E-state index is -3.59. The molecule has 0 N–H and O–H groups in total. The number of benzene rings is 2. The molecule has 0 saturated carbocycles. The van der Waals surface area contributed by atoms with Gasteiger partial charge in [-0.05, 0) is 82.0 Å². The monoisotopic (exact) mass is 468 g/mol. The molecule has 7 heteroatoms. The molecular formula is C21H29BrN2O3S. The van der Waals surface area contributed by atoms with Gasteiger partial charge in [-0.15, -0.1) is 0 Å². The Hall–Kier alpha value is -1.57. The van der Waals surface area contributed by atoms with Crippen LogP contribution in [0.25, 0.3) is 0 Å². The maximum Gasteiger partial charge on any atom is 0.264 e. The van der Waals surface area contributed by atoms with Crippen LogP contribution in [0.5, 0.6) is 5.75 Å². The van der Waals surface area contributed by atoms with Crippen molar-refractivity contribution in [3.63, 3.8) is 0 Å². The van der Waals surface area contributed by atoms with E-state index in [1.165, 1.54) is 17.1 Å². The fraction of sp³-hybridized carbons (Fsp3) is 0.429. The number of unbranched alkanes of at least 4 members (excludes halogenated alkanes) is 3. The molecule has 0 aliphatic rings. The van der Waals surface area contributed by atoms with Crippen LogP contribution in [0.1, 0.15) is 25.7 Å². The van der Waals surface area contributed by atoms with Gasteiger partial charge < -0.3 is 9.64 Å². The van der Waals surface area contributed by atoms with E-state index in [1.807, 2.05) is 12.1 Å². The smallest absolute Gasteiger partial charge is 0.264 e. The summed E-state index contributed by atoms with van der Waals surface area (Å²) in [5, 5.41) is 0. The lowest BCUT2D eigenvalue weighted by Crippen LogP contribution is -2.26. The molecule has 0 atom stereocenters. The Bertz CT molecular complexity index is 822. The van der Waals surface area contributed by atoms with Crippen LogP contribution < -0.4 is 9.04 Å². The van der Waals surface area contributed by atoms with Crippen molar-refractivity contribution in [1.29, 1.82) is 0 Å². The normalized spacial score (nSPS) is 11.6. The lowest BCUT2D eigenvalue weighted by atomic mass is 10.2. The van der Waals surface area contributed by atoms with Crippen LogP contribution in [0.2, 0.25) is 0 Å². The average Bonchev–Trinajstić information content (AvgIpc) is 2.67. The minimum Gasteiger partial charge on any atom is -0.494 e. The lowest BCUT2D eigenvalue weighted by Gasteiger charge is -2.20. The van der Waals surface area contributed by atoms with Crippen molar-refractivity contribution in [3.05, 3.63) is 53.0 Å². The number of nitrogens with zero attached hydrogens (tertiary/aromatic N) is 2. The first-order valence-corrected chi connectivity index (χ1v) is 11.7. The number of hydrogen-bond donors (Lipinski definition) is 0. The summed E-state index contributed by atoms with van der Waals surface area (Å²) in [4.78, 5) is 2.46. The third-order valence-electron chi connectivity index (χ3n) is 4.44. The van der Waals surface area contributed by atoms with E-state index >= 15 is 0 Å². The summed E-state index contributed by atoms with van der Waals surface area (Å²) in [5.41, 5.74) is 0.596. The van der Waals surface area contributed by atoms with Crippen molar-refractivity contribution < 1.29 is 13.2 Å². The Balaban J connectivity index is 1.85. The summed E-state index contributed by atoms with van der Waals surface area (Å²) in [6.07, 6.45) is 4.59. The van der Waals surface area contributed by atoms with Crippen molar-refractivity contribution in [1.82, 2.24) is 4.90 Å². The van der Waals surface area contributed by atoms with Crippen molar-refractivity contribution >= 4 is 31.6 Å². The van der Waals surface area contributed by atoms with Gasteiger partial charge >= 0.3 is 0 Å². The molecule has 2 aromatic carbocycles. The number of hydrogen-bond acceptors (Lipinski definition) is 4. The molecule has 2 rings (SSSR count). The highest BCUT2D eigenvalue weighted by Crippen LogP contribution is 2.25. The highest BCUT2D eigenvalue weighted by atomic mass is 79.9. The molecule has 0 aliphatic carbocycles. The number of anilines is 1. The first-order chi connectivity index (χ1) is 13.3. The molecule has 5 nitrogen and oxygen atoms in total. The van der Waals surface area contributed by atoms with Gasteiger partial charge in [0.2, 0.25) is 0 Å². The SMILES string of the molecule is CN(C)CCCCCCOc1ccc(N(C)S(=O)(=O)c2ccc(Br)cc2)cc1. The van der Waals surface area contributed by atoms with Crippen molar-refractivity contribution in [2.45, 2.75) is 30.6 Å². The van der Waals surface area contributed by atoms with Crippen molar-refractivity contribution in [2.75, 3.05) is 38.6 Å². The summed E-state index contributed by atoms with van der Waals surface area (Å²) in [6, 6.07) is 13.8. The zero-order valence-electron chi connectivity index (χ0n) is 16.8. The minimum absolute atomic E-state index is 0.257. The van der Waals surface area contributed by atoms with Crippen molar-refractivity contribution in [2.24, 2.45) is 0 Å². The molecular weight excluding hydrogens is 440 g/mol. The summed E-state index contributed by atoms with van der Waals surface area (Å²) in [6.45, 7) is 1.80. The molecule has 154 valence electrons. The van der Waals surface area contributed by atoms with Crippen LogP contribution >= 0.6 is 15.9 Å². The molecule has 0 aromatic heterocycles. The molecule has 0 aliphatic heterocycles. The van der Waals surface area contributed by atoms with E-state index < -0.39 is 10.0 Å². The molecule has 0 amide bonds. The van der Waals surface area contributed by atoms with Crippen LogP contribution in [-0.4, -0.2) is 47.6 Å². The van der Waals surface area contributed by atoms with E-state index in [0.717, 1.165) is 29.6 Å². The Morgan fingerprint density at radius 1 is 0.857 bits per heavy atom. The van der Waals surface area contributed by atoms with Crippen LogP contribution in [0, 0.1) is 0 Å². The van der Waals surface area contributed by atoms with Crippen LogP contribution in [0.4, 0.5) is 5.69 Å². The first kappa shape index (κ1) is 22.7. The van der Waals surface area contributed by atoms with Gasteiger partial charge in [-0.25, -0.2) is 8.42 Å². The topological polar surface area (TPSA) is 49.9 Å². The number of sulfonamides is 1. The summed E-state index contributed by atoms with van der Waals surface area (Å²) >= 11 is 3.32. The van der Waals surface area contributed by atoms with Gasteiger partial charge in [0.25, 0.3) is 10.0 Å².